The van der Waals surface area contributed by atoms with Crippen molar-refractivity contribution in [1.29, 1.82) is 0 Å². The molecule has 2 aromatic heterocycles. The lowest BCUT2D eigenvalue weighted by molar-refractivity contribution is 0.181. The summed E-state index contributed by atoms with van der Waals surface area (Å²) in [6, 6.07) is 0. The highest BCUT2D eigenvalue weighted by atomic mass is 79.9. The summed E-state index contributed by atoms with van der Waals surface area (Å²) < 4.78 is 8.07. The van der Waals surface area contributed by atoms with Crippen LogP contribution in [0.3, 0.4) is 0 Å². The predicted octanol–water partition coefficient (Wildman–Crippen LogP) is 2.70. The van der Waals surface area contributed by atoms with E-state index in [0.29, 0.717) is 12.4 Å². The Kier molecular flexibility index (Phi) is 5.08. The number of nitrogens with zero attached hydrogens (tertiary/aromatic N) is 4. The van der Waals surface area contributed by atoms with Crippen molar-refractivity contribution in [3.05, 3.63) is 22.7 Å². The molecule has 6 nitrogen and oxygen atoms in total. The molecule has 0 bridgehead atoms. The van der Waals surface area contributed by atoms with Crippen molar-refractivity contribution in [2.45, 2.75) is 26.5 Å². The number of methoxy groups -OCH3 is 1. The van der Waals surface area contributed by atoms with E-state index in [1.165, 1.54) is 0 Å². The van der Waals surface area contributed by atoms with Crippen molar-refractivity contribution < 1.29 is 4.74 Å². The van der Waals surface area contributed by atoms with Gasteiger partial charge in [-0.1, -0.05) is 6.92 Å². The molecule has 2 rings (SSSR count). The highest BCUT2D eigenvalue weighted by Gasteiger charge is 2.15. The van der Waals surface area contributed by atoms with E-state index in [9.17, 15) is 0 Å². The van der Waals surface area contributed by atoms with Gasteiger partial charge < -0.3 is 14.6 Å². The lowest BCUT2D eigenvalue weighted by Gasteiger charge is -2.11. The van der Waals surface area contributed by atoms with Gasteiger partial charge in [-0.25, -0.2) is 15.0 Å². The van der Waals surface area contributed by atoms with Crippen LogP contribution in [0.4, 0.5) is 5.82 Å². The zero-order chi connectivity index (χ0) is 14.5. The molecule has 0 saturated carbocycles. The molecule has 2 aromatic rings. The molecule has 0 spiro atoms. The molecule has 0 saturated heterocycles. The lowest BCUT2D eigenvalue weighted by atomic mass is 10.3. The molecular formula is C13H18BrN5O. The molecule has 0 aromatic carbocycles. The van der Waals surface area contributed by atoms with Crippen molar-refractivity contribution in [2.24, 2.45) is 0 Å². The molecule has 0 aliphatic heterocycles. The molecule has 0 atom stereocenters. The van der Waals surface area contributed by atoms with Gasteiger partial charge in [0, 0.05) is 20.7 Å². The quantitative estimate of drug-likeness (QED) is 0.876. The van der Waals surface area contributed by atoms with E-state index >= 15 is 0 Å². The molecular weight excluding hydrogens is 322 g/mol. The van der Waals surface area contributed by atoms with Crippen molar-refractivity contribution >= 4 is 21.7 Å². The standard InChI is InChI=1S/C13H18BrN5O/c1-4-5-19-8-16-6-10(19)12-17-9(7-20-3)11(14)13(15-2)18-12/h6,8H,4-5,7H2,1-3H3,(H,15,17,18). The van der Waals surface area contributed by atoms with E-state index in [2.05, 4.69) is 47.7 Å². The fraction of sp³-hybridized carbons (Fsp3) is 0.462. The monoisotopic (exact) mass is 339 g/mol. The van der Waals surface area contributed by atoms with E-state index < -0.39 is 0 Å². The zero-order valence-electron chi connectivity index (χ0n) is 11.9. The summed E-state index contributed by atoms with van der Waals surface area (Å²) in [6.07, 6.45) is 4.62. The fourth-order valence-corrected chi connectivity index (χ4v) is 2.42. The Morgan fingerprint density at radius 3 is 2.85 bits per heavy atom. The number of ether oxygens (including phenoxy) is 1. The predicted molar refractivity (Wildman–Crippen MR) is 81.5 cm³/mol. The molecule has 0 amide bonds. The first-order valence-electron chi connectivity index (χ1n) is 6.44. The Morgan fingerprint density at radius 2 is 2.20 bits per heavy atom. The minimum absolute atomic E-state index is 0.423. The van der Waals surface area contributed by atoms with Gasteiger partial charge in [-0.3, -0.25) is 0 Å². The highest BCUT2D eigenvalue weighted by Crippen LogP contribution is 2.27. The topological polar surface area (TPSA) is 64.9 Å². The molecule has 0 aliphatic carbocycles. The van der Waals surface area contributed by atoms with Crippen molar-refractivity contribution in [3.8, 4) is 11.5 Å². The number of anilines is 1. The van der Waals surface area contributed by atoms with Gasteiger partial charge in [0.05, 0.1) is 29.3 Å². The average Bonchev–Trinajstić information content (AvgIpc) is 2.90. The SMILES string of the molecule is CCCn1cncc1-c1nc(COC)c(Br)c(NC)n1. The van der Waals surface area contributed by atoms with Crippen LogP contribution >= 0.6 is 15.9 Å². The summed E-state index contributed by atoms with van der Waals surface area (Å²) in [5.41, 5.74) is 1.72. The summed E-state index contributed by atoms with van der Waals surface area (Å²) in [5, 5.41) is 3.06. The summed E-state index contributed by atoms with van der Waals surface area (Å²) >= 11 is 3.50. The number of hydrogen-bond donors (Lipinski definition) is 1. The third-order valence-electron chi connectivity index (χ3n) is 2.84. The van der Waals surface area contributed by atoms with E-state index in [4.69, 9.17) is 4.74 Å². The third-order valence-corrected chi connectivity index (χ3v) is 3.68. The average molecular weight is 340 g/mol. The van der Waals surface area contributed by atoms with Crippen molar-refractivity contribution in [2.75, 3.05) is 19.5 Å². The first-order chi connectivity index (χ1) is 9.71. The maximum Gasteiger partial charge on any atom is 0.180 e. The number of aryl methyl sites for hydroxylation is 1. The molecule has 0 aliphatic rings. The van der Waals surface area contributed by atoms with Crippen LogP contribution in [0.1, 0.15) is 19.0 Å². The minimum atomic E-state index is 0.423. The van der Waals surface area contributed by atoms with Gasteiger partial charge in [0.15, 0.2) is 5.82 Å². The molecule has 7 heteroatoms. The second-order valence-electron chi connectivity index (χ2n) is 4.31. The van der Waals surface area contributed by atoms with Gasteiger partial charge in [0.1, 0.15) is 11.5 Å². The summed E-state index contributed by atoms with van der Waals surface area (Å²) in [7, 11) is 3.48. The normalized spacial score (nSPS) is 10.8. The second-order valence-corrected chi connectivity index (χ2v) is 5.10. The molecule has 2 heterocycles. The van der Waals surface area contributed by atoms with Crippen LogP contribution in [0.25, 0.3) is 11.5 Å². The van der Waals surface area contributed by atoms with Crippen LogP contribution < -0.4 is 5.32 Å². The van der Waals surface area contributed by atoms with Gasteiger partial charge in [-0.05, 0) is 22.4 Å². The minimum Gasteiger partial charge on any atom is -0.378 e. The fourth-order valence-electron chi connectivity index (χ4n) is 1.93. The Hall–Kier alpha value is -1.47. The summed E-state index contributed by atoms with van der Waals surface area (Å²) in [6.45, 7) is 3.44. The smallest absolute Gasteiger partial charge is 0.180 e. The van der Waals surface area contributed by atoms with Crippen LogP contribution in [0, 0.1) is 0 Å². The Labute approximate surface area is 126 Å². The maximum absolute atomic E-state index is 5.19. The Bertz CT molecular complexity index is 584. The van der Waals surface area contributed by atoms with Crippen molar-refractivity contribution in [3.63, 3.8) is 0 Å². The molecule has 0 fully saturated rings. The molecule has 108 valence electrons. The largest absolute Gasteiger partial charge is 0.378 e. The number of aromatic nitrogens is 4. The van der Waals surface area contributed by atoms with E-state index in [1.54, 1.807) is 19.6 Å². The van der Waals surface area contributed by atoms with Crippen LogP contribution in [-0.2, 0) is 17.9 Å². The highest BCUT2D eigenvalue weighted by molar-refractivity contribution is 9.10. The van der Waals surface area contributed by atoms with Crippen LogP contribution in [0.2, 0.25) is 0 Å². The zero-order valence-corrected chi connectivity index (χ0v) is 13.4. The Morgan fingerprint density at radius 1 is 1.40 bits per heavy atom. The van der Waals surface area contributed by atoms with E-state index in [1.807, 2.05) is 7.05 Å². The van der Waals surface area contributed by atoms with Crippen LogP contribution in [0.15, 0.2) is 17.0 Å². The van der Waals surface area contributed by atoms with Gasteiger partial charge >= 0.3 is 0 Å². The number of imidazole rings is 1. The van der Waals surface area contributed by atoms with Crippen LogP contribution in [0.5, 0.6) is 0 Å². The van der Waals surface area contributed by atoms with Gasteiger partial charge in [0.2, 0.25) is 0 Å². The number of nitrogens with one attached hydrogen (secondary N) is 1. The van der Waals surface area contributed by atoms with Gasteiger partial charge in [-0.15, -0.1) is 0 Å². The second kappa shape index (κ2) is 6.81. The molecule has 0 radical (unpaired) electrons. The summed E-state index contributed by atoms with van der Waals surface area (Å²) in [4.78, 5) is 13.3. The number of halogens is 1. The van der Waals surface area contributed by atoms with E-state index in [-0.39, 0.29) is 0 Å². The van der Waals surface area contributed by atoms with Gasteiger partial charge in [-0.2, -0.15) is 0 Å². The third kappa shape index (κ3) is 2.99. The summed E-state index contributed by atoms with van der Waals surface area (Å²) in [5.74, 6) is 1.39. The molecule has 20 heavy (non-hydrogen) atoms. The maximum atomic E-state index is 5.19. The molecule has 1 N–H and O–H groups in total. The van der Waals surface area contributed by atoms with Gasteiger partial charge in [0.25, 0.3) is 0 Å². The Balaban J connectivity index is 2.50. The number of hydrogen-bond acceptors (Lipinski definition) is 5. The number of rotatable bonds is 6. The van der Waals surface area contributed by atoms with E-state index in [0.717, 1.165) is 34.6 Å². The van der Waals surface area contributed by atoms with Crippen LogP contribution in [-0.4, -0.2) is 33.7 Å². The lowest BCUT2D eigenvalue weighted by Crippen LogP contribution is -2.07. The molecule has 0 unspecified atom stereocenters. The first-order valence-corrected chi connectivity index (χ1v) is 7.24. The first kappa shape index (κ1) is 14.9. The van der Waals surface area contributed by atoms with Crippen molar-refractivity contribution in [1.82, 2.24) is 19.5 Å².